The fourth-order valence-corrected chi connectivity index (χ4v) is 6.90. The highest BCUT2D eigenvalue weighted by Gasteiger charge is 2.15. The molecule has 4 heteroatoms. The van der Waals surface area contributed by atoms with Crippen LogP contribution in [0.5, 0.6) is 0 Å². The molecule has 0 amide bonds. The number of thiol groups is 2. The molecule has 0 aromatic rings. The first-order valence-corrected chi connectivity index (χ1v) is 19.9. The molecule has 2 nitrogen and oxygen atoms in total. The van der Waals surface area contributed by atoms with Crippen molar-refractivity contribution in [3.05, 3.63) is 0 Å². The van der Waals surface area contributed by atoms with Gasteiger partial charge in [-0.2, -0.15) is 0 Å². The first kappa shape index (κ1) is 42.0. The van der Waals surface area contributed by atoms with E-state index in [-0.39, 0.29) is 22.1 Å². The summed E-state index contributed by atoms with van der Waals surface area (Å²) in [7, 11) is 0. The molecule has 0 aliphatic rings. The Morgan fingerprint density at radius 1 is 0.333 bits per heavy atom. The van der Waals surface area contributed by atoms with Crippen LogP contribution in [0.1, 0.15) is 219 Å². The summed E-state index contributed by atoms with van der Waals surface area (Å²) in [6.07, 6.45) is 41.0. The van der Waals surface area contributed by atoms with E-state index in [9.17, 15) is 9.59 Å². The molecule has 0 fully saturated rings. The van der Waals surface area contributed by atoms with Crippen molar-refractivity contribution >= 4 is 35.5 Å². The van der Waals surface area contributed by atoms with E-state index < -0.39 is 0 Å². The van der Waals surface area contributed by atoms with E-state index in [1.54, 1.807) is 0 Å². The Labute approximate surface area is 275 Å². The van der Waals surface area contributed by atoms with Gasteiger partial charge in [-0.1, -0.05) is 194 Å². The van der Waals surface area contributed by atoms with E-state index in [1.165, 1.54) is 167 Å². The molecule has 0 spiro atoms. The van der Waals surface area contributed by atoms with Crippen LogP contribution in [0.2, 0.25) is 0 Å². The number of rotatable bonds is 35. The number of carbonyl (C=O) groups excluding carboxylic acids is 2. The van der Waals surface area contributed by atoms with Gasteiger partial charge in [0.1, 0.15) is 0 Å². The van der Waals surface area contributed by atoms with E-state index >= 15 is 0 Å². The maximum Gasteiger partial charge on any atom is 0.188 e. The fourth-order valence-electron chi connectivity index (χ4n) is 6.38. The summed E-state index contributed by atoms with van der Waals surface area (Å²) in [4.78, 5) is 24.0. The van der Waals surface area contributed by atoms with Crippen molar-refractivity contribution < 1.29 is 9.59 Å². The summed E-state index contributed by atoms with van der Waals surface area (Å²) in [5, 5.41) is 0.199. The van der Waals surface area contributed by atoms with Gasteiger partial charge < -0.3 is 0 Å². The maximum absolute atomic E-state index is 12.0. The van der Waals surface area contributed by atoms with Gasteiger partial charge in [-0.25, -0.2) is 0 Å². The molecule has 0 saturated heterocycles. The Morgan fingerprint density at radius 3 is 0.667 bits per heavy atom. The molecule has 2 unspecified atom stereocenters. The topological polar surface area (TPSA) is 34.1 Å². The minimum atomic E-state index is 0.0994. The molecule has 250 valence electrons. The lowest BCUT2D eigenvalue weighted by Gasteiger charge is -2.14. The first-order valence-electron chi connectivity index (χ1n) is 19.0. The molecule has 0 aliphatic heterocycles. The van der Waals surface area contributed by atoms with Crippen LogP contribution in [0.4, 0.5) is 0 Å². The Morgan fingerprint density at radius 2 is 0.500 bits per heavy atom. The molecule has 0 rings (SSSR count). The molecule has 0 heterocycles. The summed E-state index contributed by atoms with van der Waals surface area (Å²) < 4.78 is 0. The summed E-state index contributed by atoms with van der Waals surface area (Å²) in [6, 6.07) is 0. The van der Waals surface area contributed by atoms with Crippen LogP contribution in [-0.2, 0) is 9.59 Å². The van der Waals surface area contributed by atoms with Gasteiger partial charge in [0.15, 0.2) is 10.2 Å². The standard InChI is InChI=1S/C38H74O2S2/c1-3-5-7-9-11-13-15-17-19-23-27-31-35(37(39)41)33-29-25-21-22-26-30-34-36(38(40)42)32-28-24-20-18-16-14-12-10-8-6-4-2/h35-36H,3-34H2,1-2H3,(H,39,41)(H,40,42). The minimum absolute atomic E-state index is 0.0994. The minimum Gasteiger partial charge on any atom is -0.287 e. The van der Waals surface area contributed by atoms with Crippen molar-refractivity contribution in [2.45, 2.75) is 219 Å². The highest BCUT2D eigenvalue weighted by atomic mass is 32.1. The number of unbranched alkanes of at least 4 members (excludes halogenated alkanes) is 25. The molecule has 0 bridgehead atoms. The van der Waals surface area contributed by atoms with Crippen LogP contribution in [0.3, 0.4) is 0 Å². The zero-order valence-electron chi connectivity index (χ0n) is 28.5. The molecule has 2 atom stereocenters. The molecule has 0 N–H and O–H groups in total. The van der Waals surface area contributed by atoms with Gasteiger partial charge in [0.2, 0.25) is 0 Å². The van der Waals surface area contributed by atoms with Crippen LogP contribution in [0.15, 0.2) is 0 Å². The van der Waals surface area contributed by atoms with Gasteiger partial charge in [-0.3, -0.25) is 9.59 Å². The van der Waals surface area contributed by atoms with Crippen LogP contribution in [0, 0.1) is 11.8 Å². The lowest BCUT2D eigenvalue weighted by molar-refractivity contribution is -0.115. The average Bonchev–Trinajstić information content (AvgIpc) is 2.97. The Kier molecular flexibility index (Phi) is 34.0. The second kappa shape index (κ2) is 33.9. The van der Waals surface area contributed by atoms with Crippen molar-refractivity contribution in [1.29, 1.82) is 0 Å². The zero-order valence-corrected chi connectivity index (χ0v) is 30.3. The third-order valence-electron chi connectivity index (χ3n) is 9.37. The smallest absolute Gasteiger partial charge is 0.188 e. The number of hydrogen-bond acceptors (Lipinski definition) is 2. The average molecular weight is 627 g/mol. The predicted octanol–water partition coefficient (Wildman–Crippen LogP) is 13.7. The summed E-state index contributed by atoms with van der Waals surface area (Å²) in [5.41, 5.74) is 0. The first-order chi connectivity index (χ1) is 20.5. The van der Waals surface area contributed by atoms with Crippen molar-refractivity contribution in [2.75, 3.05) is 0 Å². The maximum atomic E-state index is 12.0. The van der Waals surface area contributed by atoms with Gasteiger partial charge in [-0.15, -0.1) is 25.3 Å². The van der Waals surface area contributed by atoms with Crippen molar-refractivity contribution in [3.63, 3.8) is 0 Å². The second-order valence-corrected chi connectivity index (χ2v) is 14.3. The van der Waals surface area contributed by atoms with Gasteiger partial charge in [0.05, 0.1) is 0 Å². The third kappa shape index (κ3) is 30.1. The lowest BCUT2D eigenvalue weighted by atomic mass is 9.94. The summed E-state index contributed by atoms with van der Waals surface area (Å²) in [6.45, 7) is 4.55. The molecule has 0 saturated carbocycles. The molecule has 0 aromatic heterocycles. The van der Waals surface area contributed by atoms with Crippen molar-refractivity contribution in [3.8, 4) is 0 Å². The third-order valence-corrected chi connectivity index (χ3v) is 10.1. The quantitative estimate of drug-likeness (QED) is 0.0542. The van der Waals surface area contributed by atoms with E-state index in [1.807, 2.05) is 0 Å². The molecule has 42 heavy (non-hydrogen) atoms. The zero-order chi connectivity index (χ0) is 30.9. The normalized spacial score (nSPS) is 13.0. The van der Waals surface area contributed by atoms with E-state index in [4.69, 9.17) is 0 Å². The second-order valence-electron chi connectivity index (χ2n) is 13.4. The van der Waals surface area contributed by atoms with Crippen LogP contribution in [0.25, 0.3) is 0 Å². The monoisotopic (exact) mass is 627 g/mol. The van der Waals surface area contributed by atoms with Crippen LogP contribution >= 0.6 is 25.3 Å². The summed E-state index contributed by atoms with van der Waals surface area (Å²) in [5.74, 6) is 0.314. The largest absolute Gasteiger partial charge is 0.287 e. The van der Waals surface area contributed by atoms with Crippen molar-refractivity contribution in [2.24, 2.45) is 11.8 Å². The molecule has 0 aliphatic carbocycles. The van der Waals surface area contributed by atoms with E-state index in [0.29, 0.717) is 0 Å². The van der Waals surface area contributed by atoms with Crippen LogP contribution < -0.4 is 0 Å². The number of hydrogen-bond donors (Lipinski definition) is 2. The van der Waals surface area contributed by atoms with Crippen molar-refractivity contribution in [1.82, 2.24) is 0 Å². The SMILES string of the molecule is CCCCCCCCCCCCCC(CCCCCCCCC(CCCCCCCCCCCCC)C(=O)S)C(=O)S. The van der Waals surface area contributed by atoms with Gasteiger partial charge in [0.25, 0.3) is 0 Å². The van der Waals surface area contributed by atoms with Gasteiger partial charge >= 0.3 is 0 Å². The van der Waals surface area contributed by atoms with Crippen LogP contribution in [-0.4, -0.2) is 10.2 Å². The van der Waals surface area contributed by atoms with Gasteiger partial charge in [-0.05, 0) is 25.7 Å². The van der Waals surface area contributed by atoms with E-state index in [0.717, 1.165) is 38.5 Å². The molecule has 0 radical (unpaired) electrons. The Balaban J connectivity index is 3.67. The highest BCUT2D eigenvalue weighted by molar-refractivity contribution is 7.96. The lowest BCUT2D eigenvalue weighted by Crippen LogP contribution is -2.09. The number of carbonyl (C=O) groups is 2. The predicted molar refractivity (Wildman–Crippen MR) is 194 cm³/mol. The molecular weight excluding hydrogens is 553 g/mol. The molecular formula is C38H74O2S2. The molecule has 0 aromatic carbocycles. The Bertz CT molecular complexity index is 529. The Hall–Kier alpha value is 0.0400. The summed E-state index contributed by atoms with van der Waals surface area (Å²) >= 11 is 8.39. The van der Waals surface area contributed by atoms with Gasteiger partial charge in [0, 0.05) is 11.8 Å². The van der Waals surface area contributed by atoms with E-state index in [2.05, 4.69) is 39.1 Å². The fraction of sp³-hybridized carbons (Fsp3) is 0.947. The highest BCUT2D eigenvalue weighted by Crippen LogP contribution is 2.24.